The second-order valence-electron chi connectivity index (χ2n) is 5.93. The van der Waals surface area contributed by atoms with Gasteiger partial charge in [0, 0.05) is 28.7 Å². The van der Waals surface area contributed by atoms with Crippen LogP contribution in [0.2, 0.25) is 5.02 Å². The SMILES string of the molecule is O=C(Nc1nccn2c([C@@H]3SC[C@@H](O)[C@H]3O)cnc12)c1cccc(Cl)c1. The molecule has 3 heterocycles. The zero-order valence-electron chi connectivity index (χ0n) is 13.4. The number of halogens is 1. The van der Waals surface area contributed by atoms with Crippen LogP contribution >= 0.6 is 23.4 Å². The first-order valence-corrected chi connectivity index (χ1v) is 9.34. The summed E-state index contributed by atoms with van der Waals surface area (Å²) >= 11 is 7.40. The second-order valence-corrected chi connectivity index (χ2v) is 7.54. The molecule has 1 aliphatic rings. The van der Waals surface area contributed by atoms with Crippen molar-refractivity contribution < 1.29 is 15.0 Å². The molecule has 3 N–H and O–H groups in total. The van der Waals surface area contributed by atoms with Gasteiger partial charge >= 0.3 is 0 Å². The van der Waals surface area contributed by atoms with E-state index in [0.717, 1.165) is 5.69 Å². The molecule has 1 aliphatic heterocycles. The van der Waals surface area contributed by atoms with Gasteiger partial charge in [-0.15, -0.1) is 11.8 Å². The fraction of sp³-hybridized carbons (Fsp3) is 0.235. The van der Waals surface area contributed by atoms with Crippen molar-refractivity contribution in [1.82, 2.24) is 14.4 Å². The summed E-state index contributed by atoms with van der Waals surface area (Å²) in [6.45, 7) is 0. The maximum absolute atomic E-state index is 12.4. The molecule has 0 saturated carbocycles. The van der Waals surface area contributed by atoms with Crippen molar-refractivity contribution in [3.8, 4) is 0 Å². The number of imidazole rings is 1. The van der Waals surface area contributed by atoms with Crippen molar-refractivity contribution >= 4 is 40.7 Å². The molecule has 9 heteroatoms. The van der Waals surface area contributed by atoms with E-state index in [1.54, 1.807) is 47.3 Å². The van der Waals surface area contributed by atoms with Crippen LogP contribution in [0.5, 0.6) is 0 Å². The third kappa shape index (κ3) is 3.05. The van der Waals surface area contributed by atoms with Crippen molar-refractivity contribution in [2.24, 2.45) is 0 Å². The highest BCUT2D eigenvalue weighted by Crippen LogP contribution is 2.40. The number of carbonyl (C=O) groups excluding carboxylic acids is 1. The summed E-state index contributed by atoms with van der Waals surface area (Å²) in [5, 5.41) is 22.9. The second kappa shape index (κ2) is 6.88. The molecular weight excluding hydrogens is 376 g/mol. The van der Waals surface area contributed by atoms with E-state index in [-0.39, 0.29) is 11.2 Å². The van der Waals surface area contributed by atoms with Gasteiger partial charge in [-0.05, 0) is 18.2 Å². The number of rotatable bonds is 3. The Bertz CT molecular complexity index is 980. The molecule has 3 atom stereocenters. The quantitative estimate of drug-likeness (QED) is 0.633. The Morgan fingerprint density at radius 1 is 1.35 bits per heavy atom. The van der Waals surface area contributed by atoms with Crippen molar-refractivity contribution in [3.05, 3.63) is 59.1 Å². The predicted molar refractivity (Wildman–Crippen MR) is 99.6 cm³/mol. The number of aliphatic hydroxyl groups excluding tert-OH is 2. The first-order valence-electron chi connectivity index (χ1n) is 7.91. The van der Waals surface area contributed by atoms with E-state index >= 15 is 0 Å². The average Bonchev–Trinajstić information content (AvgIpc) is 3.19. The zero-order valence-corrected chi connectivity index (χ0v) is 15.0. The van der Waals surface area contributed by atoms with Crippen molar-refractivity contribution in [3.63, 3.8) is 0 Å². The maximum atomic E-state index is 12.4. The van der Waals surface area contributed by atoms with Gasteiger partial charge in [0.2, 0.25) is 0 Å². The Kier molecular flexibility index (Phi) is 4.58. The molecule has 0 unspecified atom stereocenters. The molecular formula is C17H15ClN4O3S. The normalized spacial score (nSPS) is 22.7. The van der Waals surface area contributed by atoms with Crippen LogP contribution < -0.4 is 5.32 Å². The summed E-state index contributed by atoms with van der Waals surface area (Å²) in [6, 6.07) is 6.62. The Morgan fingerprint density at radius 3 is 2.92 bits per heavy atom. The van der Waals surface area contributed by atoms with Gasteiger partial charge in [0.25, 0.3) is 5.91 Å². The molecule has 1 saturated heterocycles. The van der Waals surface area contributed by atoms with E-state index < -0.39 is 12.2 Å². The summed E-state index contributed by atoms with van der Waals surface area (Å²) < 4.78 is 1.76. The van der Waals surface area contributed by atoms with Crippen LogP contribution in [-0.2, 0) is 0 Å². The minimum atomic E-state index is -0.863. The number of carbonyl (C=O) groups is 1. The lowest BCUT2D eigenvalue weighted by atomic mass is 10.1. The lowest BCUT2D eigenvalue weighted by molar-refractivity contribution is 0.0411. The highest BCUT2D eigenvalue weighted by atomic mass is 35.5. The van der Waals surface area contributed by atoms with Crippen LogP contribution in [0.1, 0.15) is 21.3 Å². The predicted octanol–water partition coefficient (Wildman–Crippen LogP) is 2.14. The van der Waals surface area contributed by atoms with Crippen LogP contribution in [0, 0.1) is 0 Å². The van der Waals surface area contributed by atoms with E-state index in [2.05, 4.69) is 15.3 Å². The van der Waals surface area contributed by atoms with Gasteiger partial charge in [-0.1, -0.05) is 17.7 Å². The molecule has 1 fully saturated rings. The molecule has 7 nitrogen and oxygen atoms in total. The number of hydrogen-bond acceptors (Lipinski definition) is 6. The van der Waals surface area contributed by atoms with Crippen LogP contribution in [0.3, 0.4) is 0 Å². The number of aliphatic hydroxyl groups is 2. The Hall–Kier alpha value is -2.13. The van der Waals surface area contributed by atoms with Crippen LogP contribution in [0.25, 0.3) is 5.65 Å². The van der Waals surface area contributed by atoms with Crippen molar-refractivity contribution in [2.75, 3.05) is 11.1 Å². The lowest BCUT2D eigenvalue weighted by Crippen LogP contribution is -2.25. The van der Waals surface area contributed by atoms with E-state index in [1.165, 1.54) is 11.8 Å². The summed E-state index contributed by atoms with van der Waals surface area (Å²) in [4.78, 5) is 21.0. The molecule has 26 heavy (non-hydrogen) atoms. The minimum absolute atomic E-state index is 0.293. The summed E-state index contributed by atoms with van der Waals surface area (Å²) in [6.07, 6.45) is 3.26. The molecule has 0 radical (unpaired) electrons. The van der Waals surface area contributed by atoms with Crippen molar-refractivity contribution in [2.45, 2.75) is 17.5 Å². The largest absolute Gasteiger partial charge is 0.390 e. The third-order valence-corrected chi connectivity index (χ3v) is 5.87. The topological polar surface area (TPSA) is 99.8 Å². The van der Waals surface area contributed by atoms with Gasteiger partial charge in [-0.2, -0.15) is 0 Å². The van der Waals surface area contributed by atoms with E-state index in [0.29, 0.717) is 27.8 Å². The Balaban J connectivity index is 1.66. The van der Waals surface area contributed by atoms with E-state index in [1.807, 2.05) is 0 Å². The van der Waals surface area contributed by atoms with Gasteiger partial charge < -0.3 is 15.5 Å². The first-order chi connectivity index (χ1) is 12.5. The van der Waals surface area contributed by atoms with E-state index in [4.69, 9.17) is 11.6 Å². The Morgan fingerprint density at radius 2 is 2.19 bits per heavy atom. The fourth-order valence-corrected chi connectivity index (χ4v) is 4.42. The number of fused-ring (bicyclic) bond motifs is 1. The number of benzene rings is 1. The molecule has 0 bridgehead atoms. The first kappa shape index (κ1) is 17.3. The smallest absolute Gasteiger partial charge is 0.256 e. The number of nitrogens with zero attached hydrogens (tertiary/aromatic N) is 3. The zero-order chi connectivity index (χ0) is 18.3. The Labute approximate surface area is 158 Å². The number of anilines is 1. The molecule has 0 spiro atoms. The summed E-state index contributed by atoms with van der Waals surface area (Å²) in [7, 11) is 0. The van der Waals surface area contributed by atoms with Gasteiger partial charge in [-0.25, -0.2) is 9.97 Å². The van der Waals surface area contributed by atoms with Gasteiger partial charge in [0.15, 0.2) is 11.5 Å². The minimum Gasteiger partial charge on any atom is -0.390 e. The molecule has 0 aliphatic carbocycles. The number of nitrogens with one attached hydrogen (secondary N) is 1. The number of thioether (sulfide) groups is 1. The number of amides is 1. The van der Waals surface area contributed by atoms with Crippen LogP contribution in [-0.4, -0.2) is 48.4 Å². The molecule has 3 aromatic rings. The maximum Gasteiger partial charge on any atom is 0.256 e. The van der Waals surface area contributed by atoms with Crippen LogP contribution in [0.15, 0.2) is 42.9 Å². The van der Waals surface area contributed by atoms with Gasteiger partial charge in [0.1, 0.15) is 0 Å². The van der Waals surface area contributed by atoms with Crippen LogP contribution in [0.4, 0.5) is 5.82 Å². The average molecular weight is 391 g/mol. The summed E-state index contributed by atoms with van der Waals surface area (Å²) in [5.41, 5.74) is 1.62. The fourth-order valence-electron chi connectivity index (χ4n) is 2.91. The van der Waals surface area contributed by atoms with Crippen molar-refractivity contribution in [1.29, 1.82) is 0 Å². The number of aromatic nitrogens is 3. The molecule has 134 valence electrons. The lowest BCUT2D eigenvalue weighted by Gasteiger charge is -2.15. The van der Waals surface area contributed by atoms with E-state index in [9.17, 15) is 15.0 Å². The monoisotopic (exact) mass is 390 g/mol. The standard InChI is InChI=1S/C17H15ClN4O3S/c18-10-3-1-2-9(6-10)17(25)21-15-16-20-7-11(22(16)5-4-19-15)14-13(24)12(23)8-26-14/h1-7,12-14,23-24H,8H2,(H,19,21,25)/t12-,13-,14+/m1/s1. The van der Waals surface area contributed by atoms with Gasteiger partial charge in [-0.3, -0.25) is 9.20 Å². The number of hydrogen-bond donors (Lipinski definition) is 3. The highest BCUT2D eigenvalue weighted by Gasteiger charge is 2.37. The third-order valence-electron chi connectivity index (χ3n) is 4.22. The molecule has 2 aromatic heterocycles. The molecule has 4 rings (SSSR count). The highest BCUT2D eigenvalue weighted by molar-refractivity contribution is 7.99. The molecule has 1 aromatic carbocycles. The van der Waals surface area contributed by atoms with Gasteiger partial charge in [0.05, 0.1) is 29.3 Å². The summed E-state index contributed by atoms with van der Waals surface area (Å²) in [5.74, 6) is 0.424. The molecule has 1 amide bonds.